The summed E-state index contributed by atoms with van der Waals surface area (Å²) in [7, 11) is 0. The van der Waals surface area contributed by atoms with E-state index in [0.29, 0.717) is 12.3 Å². The number of ether oxygens (including phenoxy) is 2. The van der Waals surface area contributed by atoms with Crippen LogP contribution in [0.1, 0.15) is 121 Å². The van der Waals surface area contributed by atoms with Crippen LogP contribution in [0.3, 0.4) is 0 Å². The van der Waals surface area contributed by atoms with Crippen LogP contribution in [0, 0.1) is 0 Å². The van der Waals surface area contributed by atoms with Gasteiger partial charge in [-0.2, -0.15) is 0 Å². The number of hydrogen-bond donors (Lipinski definition) is 1. The molecular formula is C29H46O5. The molecule has 1 aliphatic heterocycles. The maximum Gasteiger partial charge on any atom is 0.310 e. The van der Waals surface area contributed by atoms with E-state index in [0.717, 1.165) is 19.3 Å². The van der Waals surface area contributed by atoms with Crippen molar-refractivity contribution in [1.82, 2.24) is 0 Å². The summed E-state index contributed by atoms with van der Waals surface area (Å²) in [5.41, 5.74) is 1.46. The van der Waals surface area contributed by atoms with Gasteiger partial charge in [0.05, 0.1) is 13.0 Å². The number of unbranched alkanes of at least 4 members (excludes halogenated alkanes) is 10. The Morgan fingerprint density at radius 2 is 1.53 bits per heavy atom. The Bertz CT molecular complexity index is 674. The molecule has 1 heterocycles. The summed E-state index contributed by atoms with van der Waals surface area (Å²) in [6.45, 7) is 1.95. The van der Waals surface area contributed by atoms with Crippen LogP contribution in [-0.2, 0) is 19.1 Å². The van der Waals surface area contributed by atoms with Gasteiger partial charge in [0.15, 0.2) is 12.2 Å². The summed E-state index contributed by atoms with van der Waals surface area (Å²) in [5.74, 6) is -0.100. The highest BCUT2D eigenvalue weighted by molar-refractivity contribution is 5.74. The molecule has 1 saturated heterocycles. The largest absolute Gasteiger partial charge is 0.458 e. The van der Waals surface area contributed by atoms with Gasteiger partial charge < -0.3 is 14.6 Å². The molecule has 1 N–H and O–H groups in total. The standard InChI is InChI=1S/C29H46O5/c1-2-3-4-5-6-7-8-12-17-24(25-19-14-11-15-20-25)18-13-9-10-16-21-28(31)33-26-22-29(32)34-27(26)23-30/h11,14-15,19-20,24,26-27,30H,2-10,12-13,16-18,21-23H2,1H3/t24?,26-,27+/m1/s1. The molecule has 1 fully saturated rings. The molecule has 0 aliphatic carbocycles. The van der Waals surface area contributed by atoms with Crippen LogP contribution in [0.2, 0.25) is 0 Å². The number of benzene rings is 1. The third-order valence-electron chi connectivity index (χ3n) is 6.89. The Labute approximate surface area is 206 Å². The molecule has 1 aliphatic rings. The lowest BCUT2D eigenvalue weighted by molar-refractivity contribution is -0.154. The number of hydrogen-bond acceptors (Lipinski definition) is 5. The van der Waals surface area contributed by atoms with Crippen LogP contribution in [0.15, 0.2) is 30.3 Å². The van der Waals surface area contributed by atoms with E-state index in [-0.39, 0.29) is 19.0 Å². The van der Waals surface area contributed by atoms with Gasteiger partial charge in [-0.3, -0.25) is 9.59 Å². The fourth-order valence-electron chi connectivity index (χ4n) is 4.83. The molecule has 1 aromatic rings. The maximum absolute atomic E-state index is 12.1. The van der Waals surface area contributed by atoms with E-state index in [1.807, 2.05) is 0 Å². The van der Waals surface area contributed by atoms with E-state index in [2.05, 4.69) is 37.3 Å². The lowest BCUT2D eigenvalue weighted by atomic mass is 9.88. The summed E-state index contributed by atoms with van der Waals surface area (Å²) in [4.78, 5) is 23.4. The van der Waals surface area contributed by atoms with E-state index < -0.39 is 18.2 Å². The molecule has 0 radical (unpaired) electrons. The summed E-state index contributed by atoms with van der Waals surface area (Å²) in [6, 6.07) is 10.9. The van der Waals surface area contributed by atoms with Gasteiger partial charge in [-0.25, -0.2) is 0 Å². The highest BCUT2D eigenvalue weighted by Gasteiger charge is 2.37. The first kappa shape index (κ1) is 28.4. The first-order chi connectivity index (χ1) is 16.6. The van der Waals surface area contributed by atoms with Crippen molar-refractivity contribution in [1.29, 1.82) is 0 Å². The molecule has 0 bridgehead atoms. The van der Waals surface area contributed by atoms with Crippen molar-refractivity contribution in [3.05, 3.63) is 35.9 Å². The molecule has 1 aromatic carbocycles. The van der Waals surface area contributed by atoms with Crippen LogP contribution in [0.5, 0.6) is 0 Å². The molecule has 0 spiro atoms. The van der Waals surface area contributed by atoms with Crippen molar-refractivity contribution in [2.45, 2.75) is 128 Å². The van der Waals surface area contributed by atoms with Gasteiger partial charge >= 0.3 is 11.9 Å². The average Bonchev–Trinajstić information content (AvgIpc) is 3.20. The van der Waals surface area contributed by atoms with Crippen LogP contribution in [-0.4, -0.2) is 35.9 Å². The minimum Gasteiger partial charge on any atom is -0.458 e. The molecule has 0 amide bonds. The fraction of sp³-hybridized carbons (Fsp3) is 0.724. The number of cyclic esters (lactones) is 1. The van der Waals surface area contributed by atoms with Crippen molar-refractivity contribution in [3.8, 4) is 0 Å². The molecule has 3 atom stereocenters. The van der Waals surface area contributed by atoms with E-state index >= 15 is 0 Å². The molecule has 2 rings (SSSR count). The highest BCUT2D eigenvalue weighted by atomic mass is 16.6. The van der Waals surface area contributed by atoms with Gasteiger partial charge in [0.1, 0.15) is 0 Å². The van der Waals surface area contributed by atoms with E-state index in [9.17, 15) is 14.7 Å². The number of aliphatic hydroxyl groups is 1. The molecule has 192 valence electrons. The van der Waals surface area contributed by atoms with Crippen molar-refractivity contribution < 1.29 is 24.2 Å². The zero-order valence-corrected chi connectivity index (χ0v) is 21.2. The Morgan fingerprint density at radius 1 is 0.941 bits per heavy atom. The quantitative estimate of drug-likeness (QED) is 0.175. The SMILES string of the molecule is CCCCCCCCCCC(CCCCCCC(=O)O[C@@H]1CC(=O)O[C@H]1CO)c1ccccc1. The minimum atomic E-state index is -0.715. The first-order valence-corrected chi connectivity index (χ1v) is 13.7. The number of carbonyl (C=O) groups excluding carboxylic acids is 2. The van der Waals surface area contributed by atoms with Crippen LogP contribution < -0.4 is 0 Å². The molecule has 5 nitrogen and oxygen atoms in total. The Morgan fingerprint density at radius 3 is 2.15 bits per heavy atom. The molecule has 1 unspecified atom stereocenters. The molecule has 0 aromatic heterocycles. The zero-order chi connectivity index (χ0) is 24.4. The number of esters is 2. The van der Waals surface area contributed by atoms with Crippen LogP contribution in [0.25, 0.3) is 0 Å². The van der Waals surface area contributed by atoms with E-state index in [1.54, 1.807) is 0 Å². The third kappa shape index (κ3) is 11.5. The topological polar surface area (TPSA) is 72.8 Å². The van der Waals surface area contributed by atoms with E-state index in [4.69, 9.17) is 9.47 Å². The average molecular weight is 475 g/mol. The second-order valence-electron chi connectivity index (χ2n) is 9.77. The predicted octanol–water partition coefficient (Wildman–Crippen LogP) is 6.86. The van der Waals surface area contributed by atoms with E-state index in [1.165, 1.54) is 76.2 Å². The Balaban J connectivity index is 1.59. The van der Waals surface area contributed by atoms with Gasteiger partial charge in [0.25, 0.3) is 0 Å². The smallest absolute Gasteiger partial charge is 0.310 e. The zero-order valence-electron chi connectivity index (χ0n) is 21.2. The molecule has 34 heavy (non-hydrogen) atoms. The monoisotopic (exact) mass is 474 g/mol. The summed E-state index contributed by atoms with van der Waals surface area (Å²) in [5, 5.41) is 9.22. The molecule has 0 saturated carbocycles. The van der Waals surface area contributed by atoms with Crippen LogP contribution in [0.4, 0.5) is 0 Å². The van der Waals surface area contributed by atoms with Gasteiger partial charge in [-0.05, 0) is 30.7 Å². The van der Waals surface area contributed by atoms with Crippen molar-refractivity contribution >= 4 is 11.9 Å². The lowest BCUT2D eigenvalue weighted by Crippen LogP contribution is -2.30. The maximum atomic E-state index is 12.1. The summed E-state index contributed by atoms with van der Waals surface area (Å²) >= 11 is 0. The third-order valence-corrected chi connectivity index (χ3v) is 6.89. The highest BCUT2D eigenvalue weighted by Crippen LogP contribution is 2.29. The second kappa shape index (κ2) is 17.5. The van der Waals surface area contributed by atoms with Crippen LogP contribution >= 0.6 is 0 Å². The first-order valence-electron chi connectivity index (χ1n) is 13.7. The van der Waals surface area contributed by atoms with Gasteiger partial charge in [-0.15, -0.1) is 0 Å². The lowest BCUT2D eigenvalue weighted by Gasteiger charge is -2.18. The fourth-order valence-corrected chi connectivity index (χ4v) is 4.83. The molecule has 5 heteroatoms. The van der Waals surface area contributed by atoms with Gasteiger partial charge in [0, 0.05) is 6.42 Å². The summed E-state index contributed by atoms with van der Waals surface area (Å²) in [6.07, 6.45) is 16.4. The van der Waals surface area contributed by atoms with Crippen molar-refractivity contribution in [2.75, 3.05) is 6.61 Å². The Hall–Kier alpha value is -1.88. The number of carbonyl (C=O) groups is 2. The molecular weight excluding hydrogens is 428 g/mol. The van der Waals surface area contributed by atoms with Gasteiger partial charge in [-0.1, -0.05) is 108 Å². The van der Waals surface area contributed by atoms with Crippen molar-refractivity contribution in [2.24, 2.45) is 0 Å². The number of aliphatic hydroxyl groups excluding tert-OH is 1. The normalized spacial score (nSPS) is 18.6. The van der Waals surface area contributed by atoms with Gasteiger partial charge in [0.2, 0.25) is 0 Å². The minimum absolute atomic E-state index is 0.0384. The Kier molecular flexibility index (Phi) is 14.6. The second-order valence-corrected chi connectivity index (χ2v) is 9.77. The van der Waals surface area contributed by atoms with Crippen molar-refractivity contribution in [3.63, 3.8) is 0 Å². The predicted molar refractivity (Wildman–Crippen MR) is 136 cm³/mol. The summed E-state index contributed by atoms with van der Waals surface area (Å²) < 4.78 is 10.3. The number of rotatable bonds is 19.